The van der Waals surface area contributed by atoms with Crippen molar-refractivity contribution >= 4 is 0 Å². The van der Waals surface area contributed by atoms with Crippen molar-refractivity contribution in [2.75, 3.05) is 0 Å². The van der Waals surface area contributed by atoms with Crippen molar-refractivity contribution in [1.29, 1.82) is 0 Å². The maximum atomic E-state index is 13.0. The average molecular weight is 244 g/mol. The standard InChI is InChI=1S/C15H17FN2/c1-10-7-14(16)6-5-12(10)8-15(17)13-4-3-11(2)18-9-13/h3-7,9,15H,8,17H2,1-2H3. The Labute approximate surface area is 107 Å². The van der Waals surface area contributed by atoms with E-state index in [4.69, 9.17) is 5.73 Å². The van der Waals surface area contributed by atoms with Crippen molar-refractivity contribution in [3.05, 3.63) is 64.7 Å². The Kier molecular flexibility index (Phi) is 3.72. The Balaban J connectivity index is 2.15. The van der Waals surface area contributed by atoms with Crippen LogP contribution < -0.4 is 5.73 Å². The zero-order valence-electron chi connectivity index (χ0n) is 10.7. The zero-order valence-corrected chi connectivity index (χ0v) is 10.7. The van der Waals surface area contributed by atoms with Gasteiger partial charge in [0.15, 0.2) is 0 Å². The Hall–Kier alpha value is -1.74. The van der Waals surface area contributed by atoms with Crippen LogP contribution in [0.15, 0.2) is 36.5 Å². The van der Waals surface area contributed by atoms with Gasteiger partial charge >= 0.3 is 0 Å². The number of hydrogen-bond acceptors (Lipinski definition) is 2. The fraction of sp³-hybridized carbons (Fsp3) is 0.267. The smallest absolute Gasteiger partial charge is 0.123 e. The summed E-state index contributed by atoms with van der Waals surface area (Å²) in [6.07, 6.45) is 2.50. The number of hydrogen-bond donors (Lipinski definition) is 1. The molecule has 2 aromatic rings. The lowest BCUT2D eigenvalue weighted by molar-refractivity contribution is 0.623. The Morgan fingerprint density at radius 3 is 2.61 bits per heavy atom. The molecule has 0 fully saturated rings. The zero-order chi connectivity index (χ0) is 13.1. The average Bonchev–Trinajstić information content (AvgIpc) is 2.33. The van der Waals surface area contributed by atoms with Crippen molar-refractivity contribution in [2.45, 2.75) is 26.3 Å². The molecule has 2 rings (SSSR count). The van der Waals surface area contributed by atoms with Gasteiger partial charge in [-0.2, -0.15) is 0 Å². The number of halogens is 1. The van der Waals surface area contributed by atoms with E-state index in [1.165, 1.54) is 12.1 Å². The number of benzene rings is 1. The highest BCUT2D eigenvalue weighted by Crippen LogP contribution is 2.18. The summed E-state index contributed by atoms with van der Waals surface area (Å²) in [5.74, 6) is -0.207. The van der Waals surface area contributed by atoms with E-state index >= 15 is 0 Å². The van der Waals surface area contributed by atoms with Crippen LogP contribution in [0.5, 0.6) is 0 Å². The SMILES string of the molecule is Cc1ccc(C(N)Cc2ccc(F)cc2C)cn1. The first kappa shape index (κ1) is 12.7. The summed E-state index contributed by atoms with van der Waals surface area (Å²) in [6.45, 7) is 3.85. The number of rotatable bonds is 3. The summed E-state index contributed by atoms with van der Waals surface area (Å²) in [7, 11) is 0. The van der Waals surface area contributed by atoms with Crippen LogP contribution in [0.25, 0.3) is 0 Å². The Morgan fingerprint density at radius 1 is 1.22 bits per heavy atom. The molecule has 1 heterocycles. The molecule has 3 heteroatoms. The van der Waals surface area contributed by atoms with Crippen molar-refractivity contribution in [2.24, 2.45) is 5.73 Å². The van der Waals surface area contributed by atoms with Crippen LogP contribution >= 0.6 is 0 Å². The minimum Gasteiger partial charge on any atom is -0.324 e. The summed E-state index contributed by atoms with van der Waals surface area (Å²) in [6, 6.07) is 8.64. The molecule has 0 aliphatic heterocycles. The molecule has 2 nitrogen and oxygen atoms in total. The van der Waals surface area contributed by atoms with Crippen molar-refractivity contribution < 1.29 is 4.39 Å². The Bertz CT molecular complexity index is 535. The van der Waals surface area contributed by atoms with Gasteiger partial charge in [0.2, 0.25) is 0 Å². The summed E-state index contributed by atoms with van der Waals surface area (Å²) in [4.78, 5) is 4.24. The Morgan fingerprint density at radius 2 is 2.00 bits per heavy atom. The van der Waals surface area contributed by atoms with E-state index in [1.807, 2.05) is 26.0 Å². The number of nitrogens with zero attached hydrogens (tertiary/aromatic N) is 1. The van der Waals surface area contributed by atoms with Gasteiger partial charge in [-0.15, -0.1) is 0 Å². The summed E-state index contributed by atoms with van der Waals surface area (Å²) in [5.41, 5.74) is 10.1. The molecule has 0 aliphatic carbocycles. The van der Waals surface area contributed by atoms with E-state index < -0.39 is 0 Å². The summed E-state index contributed by atoms with van der Waals surface area (Å²) in [5, 5.41) is 0. The highest BCUT2D eigenvalue weighted by molar-refractivity contribution is 5.29. The van der Waals surface area contributed by atoms with Gasteiger partial charge in [0.05, 0.1) is 0 Å². The van der Waals surface area contributed by atoms with Crippen LogP contribution in [0.1, 0.15) is 28.4 Å². The predicted octanol–water partition coefficient (Wildman–Crippen LogP) is 3.08. The maximum Gasteiger partial charge on any atom is 0.123 e. The van der Waals surface area contributed by atoms with Crippen molar-refractivity contribution in [3.8, 4) is 0 Å². The molecule has 18 heavy (non-hydrogen) atoms. The van der Waals surface area contributed by atoms with Gasteiger partial charge in [-0.05, 0) is 55.2 Å². The molecule has 1 aromatic heterocycles. The molecule has 0 bridgehead atoms. The van der Waals surface area contributed by atoms with Crippen molar-refractivity contribution in [3.63, 3.8) is 0 Å². The fourth-order valence-electron chi connectivity index (χ4n) is 1.94. The first-order valence-electron chi connectivity index (χ1n) is 5.99. The number of pyridine rings is 1. The van der Waals surface area contributed by atoms with Gasteiger partial charge in [0.25, 0.3) is 0 Å². The van der Waals surface area contributed by atoms with E-state index in [0.717, 1.165) is 22.4 Å². The molecule has 1 unspecified atom stereocenters. The molecule has 0 saturated heterocycles. The summed E-state index contributed by atoms with van der Waals surface area (Å²) < 4.78 is 13.0. The lowest BCUT2D eigenvalue weighted by Crippen LogP contribution is -2.14. The molecule has 0 spiro atoms. The quantitative estimate of drug-likeness (QED) is 0.901. The molecule has 0 amide bonds. The second kappa shape index (κ2) is 5.27. The first-order chi connectivity index (χ1) is 8.56. The fourth-order valence-corrected chi connectivity index (χ4v) is 1.94. The second-order valence-electron chi connectivity index (χ2n) is 4.61. The monoisotopic (exact) mass is 244 g/mol. The van der Waals surface area contributed by atoms with E-state index in [2.05, 4.69) is 4.98 Å². The largest absolute Gasteiger partial charge is 0.324 e. The van der Waals surface area contributed by atoms with E-state index in [0.29, 0.717) is 6.42 Å². The third kappa shape index (κ3) is 2.93. The number of aryl methyl sites for hydroxylation is 2. The van der Waals surface area contributed by atoms with Crippen LogP contribution in [-0.4, -0.2) is 4.98 Å². The van der Waals surface area contributed by atoms with Gasteiger partial charge in [0.1, 0.15) is 5.82 Å². The van der Waals surface area contributed by atoms with Crippen LogP contribution in [0, 0.1) is 19.7 Å². The molecule has 1 aromatic carbocycles. The van der Waals surface area contributed by atoms with E-state index in [9.17, 15) is 4.39 Å². The topological polar surface area (TPSA) is 38.9 Å². The third-order valence-corrected chi connectivity index (χ3v) is 3.11. The number of nitrogens with two attached hydrogens (primary N) is 1. The number of aromatic nitrogens is 1. The van der Waals surface area contributed by atoms with Gasteiger partial charge in [-0.3, -0.25) is 4.98 Å². The minimum absolute atomic E-state index is 0.109. The van der Waals surface area contributed by atoms with E-state index in [1.54, 1.807) is 12.3 Å². The maximum absolute atomic E-state index is 13.0. The van der Waals surface area contributed by atoms with Crippen LogP contribution in [0.4, 0.5) is 4.39 Å². The van der Waals surface area contributed by atoms with Gasteiger partial charge in [-0.1, -0.05) is 12.1 Å². The van der Waals surface area contributed by atoms with Crippen molar-refractivity contribution in [1.82, 2.24) is 4.98 Å². The highest BCUT2D eigenvalue weighted by Gasteiger charge is 2.09. The van der Waals surface area contributed by atoms with E-state index in [-0.39, 0.29) is 11.9 Å². The van der Waals surface area contributed by atoms with Crippen LogP contribution in [0.3, 0.4) is 0 Å². The molecule has 0 radical (unpaired) electrons. The summed E-state index contributed by atoms with van der Waals surface area (Å²) >= 11 is 0. The first-order valence-corrected chi connectivity index (χ1v) is 5.99. The molecule has 2 N–H and O–H groups in total. The predicted molar refractivity (Wildman–Crippen MR) is 70.7 cm³/mol. The normalized spacial score (nSPS) is 12.4. The van der Waals surface area contributed by atoms with Crippen LogP contribution in [-0.2, 0) is 6.42 Å². The van der Waals surface area contributed by atoms with Crippen LogP contribution in [0.2, 0.25) is 0 Å². The lowest BCUT2D eigenvalue weighted by Gasteiger charge is -2.13. The van der Waals surface area contributed by atoms with Gasteiger partial charge < -0.3 is 5.73 Å². The molecule has 1 atom stereocenters. The molecule has 94 valence electrons. The molecule has 0 saturated carbocycles. The lowest BCUT2D eigenvalue weighted by atomic mass is 9.97. The third-order valence-electron chi connectivity index (χ3n) is 3.11. The minimum atomic E-state index is -0.207. The van der Waals surface area contributed by atoms with Gasteiger partial charge in [-0.25, -0.2) is 4.39 Å². The second-order valence-corrected chi connectivity index (χ2v) is 4.61. The highest BCUT2D eigenvalue weighted by atomic mass is 19.1. The molecule has 0 aliphatic rings. The van der Waals surface area contributed by atoms with Gasteiger partial charge in [0, 0.05) is 17.9 Å². The molecular weight excluding hydrogens is 227 g/mol. The molecular formula is C15H17FN2.